The van der Waals surface area contributed by atoms with Gasteiger partial charge in [-0.3, -0.25) is 9.59 Å². The first kappa shape index (κ1) is 24.2. The second kappa shape index (κ2) is 8.99. The van der Waals surface area contributed by atoms with Gasteiger partial charge in [-0.2, -0.15) is 13.2 Å². The number of amides is 2. The standard InChI is InChI=1S/C23H13BrClF5N2O2/c24-11-7-15-20(21(32-22(15)34)14-9-13(27)2-4-17(14)25)18(8-11)31-19(33)6-10-5-12(26)1-3-16(10)23(28,29)30/h1-5,7-9,21H,6H2,(H,31,33)(H,32,34). The minimum Gasteiger partial charge on any atom is -0.341 e. The van der Waals surface area contributed by atoms with E-state index in [9.17, 15) is 31.5 Å². The number of halogens is 7. The van der Waals surface area contributed by atoms with Crippen molar-refractivity contribution in [3.63, 3.8) is 0 Å². The first-order chi connectivity index (χ1) is 15.9. The van der Waals surface area contributed by atoms with Crippen molar-refractivity contribution in [2.75, 3.05) is 5.32 Å². The Morgan fingerprint density at radius 2 is 1.74 bits per heavy atom. The van der Waals surface area contributed by atoms with Crippen LogP contribution in [0, 0.1) is 11.6 Å². The molecule has 34 heavy (non-hydrogen) atoms. The summed E-state index contributed by atoms with van der Waals surface area (Å²) in [5, 5.41) is 5.33. The lowest BCUT2D eigenvalue weighted by Crippen LogP contribution is -2.22. The maximum absolute atomic E-state index is 13.9. The van der Waals surface area contributed by atoms with E-state index in [0.717, 1.165) is 12.1 Å². The molecule has 0 fully saturated rings. The lowest BCUT2D eigenvalue weighted by Gasteiger charge is -2.19. The number of nitrogens with one attached hydrogen (secondary N) is 2. The van der Waals surface area contributed by atoms with Crippen LogP contribution in [0.3, 0.4) is 0 Å². The summed E-state index contributed by atoms with van der Waals surface area (Å²) in [6, 6.07) is 7.49. The van der Waals surface area contributed by atoms with Gasteiger partial charge in [0.05, 0.1) is 18.0 Å². The zero-order valence-corrected chi connectivity index (χ0v) is 19.2. The molecule has 1 unspecified atom stereocenters. The van der Waals surface area contributed by atoms with Gasteiger partial charge in [-0.1, -0.05) is 27.5 Å². The number of hydrogen-bond donors (Lipinski definition) is 2. The molecule has 4 rings (SSSR count). The maximum atomic E-state index is 13.9. The Morgan fingerprint density at radius 1 is 1.06 bits per heavy atom. The van der Waals surface area contributed by atoms with Gasteiger partial charge in [0.25, 0.3) is 5.91 Å². The largest absolute Gasteiger partial charge is 0.416 e. The van der Waals surface area contributed by atoms with E-state index in [1.807, 2.05) is 0 Å². The maximum Gasteiger partial charge on any atom is 0.416 e. The van der Waals surface area contributed by atoms with E-state index in [2.05, 4.69) is 26.6 Å². The Kier molecular flexibility index (Phi) is 6.39. The van der Waals surface area contributed by atoms with Crippen LogP contribution >= 0.6 is 27.5 Å². The summed E-state index contributed by atoms with van der Waals surface area (Å²) >= 11 is 9.44. The third kappa shape index (κ3) is 4.78. The van der Waals surface area contributed by atoms with Gasteiger partial charge in [0.1, 0.15) is 11.6 Å². The second-order valence-corrected chi connectivity index (χ2v) is 8.83. The molecule has 0 aliphatic carbocycles. The van der Waals surface area contributed by atoms with E-state index in [1.54, 1.807) is 0 Å². The predicted molar refractivity (Wildman–Crippen MR) is 119 cm³/mol. The number of anilines is 1. The van der Waals surface area contributed by atoms with E-state index in [0.29, 0.717) is 22.7 Å². The molecule has 2 N–H and O–H groups in total. The highest BCUT2D eigenvalue weighted by atomic mass is 79.9. The number of carbonyl (C=O) groups excluding carboxylic acids is 2. The van der Waals surface area contributed by atoms with E-state index in [4.69, 9.17) is 11.6 Å². The topological polar surface area (TPSA) is 58.2 Å². The number of benzene rings is 3. The number of fused-ring (bicyclic) bond motifs is 1. The summed E-state index contributed by atoms with van der Waals surface area (Å²) in [7, 11) is 0. The molecule has 1 atom stereocenters. The Labute approximate surface area is 203 Å². The minimum absolute atomic E-state index is 0.100. The Hall–Kier alpha value is -2.98. The first-order valence-corrected chi connectivity index (χ1v) is 10.9. The Balaban J connectivity index is 1.72. The highest BCUT2D eigenvalue weighted by Gasteiger charge is 2.36. The summed E-state index contributed by atoms with van der Waals surface area (Å²) in [6.45, 7) is 0. The first-order valence-electron chi connectivity index (χ1n) is 9.69. The van der Waals surface area contributed by atoms with Gasteiger partial charge in [0, 0.05) is 31.9 Å². The van der Waals surface area contributed by atoms with Crippen molar-refractivity contribution < 1.29 is 31.5 Å². The third-order valence-electron chi connectivity index (χ3n) is 5.22. The number of rotatable bonds is 4. The quantitative estimate of drug-likeness (QED) is 0.363. The molecule has 0 saturated heterocycles. The summed E-state index contributed by atoms with van der Waals surface area (Å²) < 4.78 is 67.8. The van der Waals surface area contributed by atoms with Crippen molar-refractivity contribution in [1.82, 2.24) is 5.32 Å². The van der Waals surface area contributed by atoms with E-state index >= 15 is 0 Å². The van der Waals surface area contributed by atoms with Gasteiger partial charge < -0.3 is 10.6 Å². The lowest BCUT2D eigenvalue weighted by molar-refractivity contribution is -0.138. The molecule has 1 aliphatic rings. The van der Waals surface area contributed by atoms with Gasteiger partial charge in [0.15, 0.2) is 0 Å². The summed E-state index contributed by atoms with van der Waals surface area (Å²) in [5.74, 6) is -2.91. The van der Waals surface area contributed by atoms with Crippen LogP contribution in [0.4, 0.5) is 27.6 Å². The van der Waals surface area contributed by atoms with Gasteiger partial charge >= 0.3 is 6.18 Å². The molecule has 0 bridgehead atoms. The van der Waals surface area contributed by atoms with Crippen molar-refractivity contribution >= 4 is 45.0 Å². The highest BCUT2D eigenvalue weighted by Crippen LogP contribution is 2.41. The van der Waals surface area contributed by atoms with Gasteiger partial charge in [0.2, 0.25) is 5.91 Å². The van der Waals surface area contributed by atoms with E-state index in [1.165, 1.54) is 18.2 Å². The smallest absolute Gasteiger partial charge is 0.341 e. The van der Waals surface area contributed by atoms with Crippen LogP contribution in [0.5, 0.6) is 0 Å². The predicted octanol–water partition coefficient (Wildman–Crippen LogP) is 6.41. The molecule has 2 amide bonds. The average molecular weight is 560 g/mol. The van der Waals surface area contributed by atoms with Crippen LogP contribution in [0.25, 0.3) is 0 Å². The van der Waals surface area contributed by atoms with Crippen LogP contribution in [0.15, 0.2) is 53.0 Å². The molecule has 0 spiro atoms. The monoisotopic (exact) mass is 558 g/mol. The van der Waals surface area contributed by atoms with Gasteiger partial charge in [-0.25, -0.2) is 8.78 Å². The minimum atomic E-state index is -4.78. The third-order valence-corrected chi connectivity index (χ3v) is 6.02. The summed E-state index contributed by atoms with van der Waals surface area (Å²) in [6.07, 6.45) is -5.56. The normalized spacial score (nSPS) is 15.1. The van der Waals surface area contributed by atoms with Crippen LogP contribution in [-0.2, 0) is 17.4 Å². The molecule has 176 valence electrons. The van der Waals surface area contributed by atoms with Gasteiger partial charge in [-0.05, 0) is 54.1 Å². The molecular formula is C23H13BrClF5N2O2. The molecule has 3 aromatic rings. The fourth-order valence-corrected chi connectivity index (χ4v) is 4.51. The second-order valence-electron chi connectivity index (χ2n) is 7.51. The molecule has 0 aromatic heterocycles. The number of alkyl halides is 3. The summed E-state index contributed by atoms with van der Waals surface area (Å²) in [5.41, 5.74) is -0.916. The Morgan fingerprint density at radius 3 is 2.44 bits per heavy atom. The highest BCUT2D eigenvalue weighted by molar-refractivity contribution is 9.10. The van der Waals surface area contributed by atoms with Crippen LogP contribution in [0.1, 0.15) is 38.7 Å². The molecule has 4 nitrogen and oxygen atoms in total. The zero-order valence-electron chi connectivity index (χ0n) is 16.9. The molecule has 0 radical (unpaired) electrons. The van der Waals surface area contributed by atoms with Crippen molar-refractivity contribution in [3.8, 4) is 0 Å². The van der Waals surface area contributed by atoms with Crippen molar-refractivity contribution in [2.24, 2.45) is 0 Å². The van der Waals surface area contributed by atoms with E-state index < -0.39 is 53.2 Å². The fourth-order valence-electron chi connectivity index (χ4n) is 3.82. The van der Waals surface area contributed by atoms with Crippen molar-refractivity contribution in [2.45, 2.75) is 18.6 Å². The molecular weight excluding hydrogens is 547 g/mol. The fraction of sp³-hybridized carbons (Fsp3) is 0.130. The van der Waals surface area contributed by atoms with Crippen molar-refractivity contribution in [1.29, 1.82) is 0 Å². The van der Waals surface area contributed by atoms with Crippen LogP contribution < -0.4 is 10.6 Å². The van der Waals surface area contributed by atoms with Crippen molar-refractivity contribution in [3.05, 3.63) is 97.5 Å². The molecule has 1 aliphatic heterocycles. The SMILES string of the molecule is O=C(Cc1cc(F)ccc1C(F)(F)F)Nc1cc(Br)cc2c1C(c1cc(F)ccc1Cl)NC2=O. The van der Waals surface area contributed by atoms with Crippen LogP contribution in [0.2, 0.25) is 5.02 Å². The number of carbonyl (C=O) groups is 2. The zero-order chi connectivity index (χ0) is 24.8. The lowest BCUT2D eigenvalue weighted by atomic mass is 9.96. The average Bonchev–Trinajstić information content (AvgIpc) is 3.05. The Bertz CT molecular complexity index is 1330. The number of hydrogen-bond acceptors (Lipinski definition) is 2. The molecule has 3 aromatic carbocycles. The van der Waals surface area contributed by atoms with Gasteiger partial charge in [-0.15, -0.1) is 0 Å². The van der Waals surface area contributed by atoms with Crippen LogP contribution in [-0.4, -0.2) is 11.8 Å². The van der Waals surface area contributed by atoms with E-state index in [-0.39, 0.29) is 27.4 Å². The summed E-state index contributed by atoms with van der Waals surface area (Å²) in [4.78, 5) is 25.3. The molecule has 11 heteroatoms. The molecule has 0 saturated carbocycles. The molecule has 1 heterocycles.